The van der Waals surface area contributed by atoms with Crippen molar-refractivity contribution in [2.24, 2.45) is 11.3 Å². The molecule has 3 rings (SSSR count). The zero-order chi connectivity index (χ0) is 15.6. The first-order chi connectivity index (χ1) is 10.6. The number of hydrogen-bond acceptors (Lipinski definition) is 3. The van der Waals surface area contributed by atoms with Gasteiger partial charge in [0, 0.05) is 24.9 Å². The predicted molar refractivity (Wildman–Crippen MR) is 83.3 cm³/mol. The molecule has 1 heterocycles. The summed E-state index contributed by atoms with van der Waals surface area (Å²) in [5, 5.41) is 0. The van der Waals surface area contributed by atoms with Crippen LogP contribution in [0.15, 0.2) is 30.3 Å². The summed E-state index contributed by atoms with van der Waals surface area (Å²) in [5.41, 5.74) is 0.833. The van der Waals surface area contributed by atoms with Crippen LogP contribution in [0.3, 0.4) is 0 Å². The van der Waals surface area contributed by atoms with Crippen LogP contribution in [-0.2, 0) is 16.1 Å². The number of benzene rings is 1. The molecule has 2 aliphatic rings. The Bertz CT molecular complexity index is 547. The molecule has 22 heavy (non-hydrogen) atoms. The van der Waals surface area contributed by atoms with Gasteiger partial charge in [-0.25, -0.2) is 4.79 Å². The van der Waals surface area contributed by atoms with Gasteiger partial charge in [-0.1, -0.05) is 37.3 Å². The van der Waals surface area contributed by atoms with Gasteiger partial charge in [-0.2, -0.15) is 0 Å². The van der Waals surface area contributed by atoms with Gasteiger partial charge in [0.2, 0.25) is 0 Å². The van der Waals surface area contributed by atoms with Crippen molar-refractivity contribution in [3.8, 4) is 0 Å². The largest absolute Gasteiger partial charge is 0.445 e. The van der Waals surface area contributed by atoms with E-state index in [-0.39, 0.29) is 11.5 Å². The van der Waals surface area contributed by atoms with E-state index >= 15 is 0 Å². The quantitative estimate of drug-likeness (QED) is 0.841. The Morgan fingerprint density at radius 2 is 1.95 bits per heavy atom. The second kappa shape index (κ2) is 6.11. The number of carbonyl (C=O) groups excluding carboxylic acids is 2. The molecule has 1 aliphatic heterocycles. The van der Waals surface area contributed by atoms with Crippen LogP contribution < -0.4 is 0 Å². The number of rotatable bonds is 2. The van der Waals surface area contributed by atoms with Crippen LogP contribution in [0, 0.1) is 11.3 Å². The number of hydrogen-bond donors (Lipinski definition) is 0. The SMILES string of the molecule is C[C@@H]1CC(=O)C2(CCN(C(=O)OCc3ccccc3)CC2)C1. The van der Waals surface area contributed by atoms with Gasteiger partial charge in [-0.05, 0) is 30.7 Å². The zero-order valence-corrected chi connectivity index (χ0v) is 13.1. The van der Waals surface area contributed by atoms with Crippen LogP contribution >= 0.6 is 0 Å². The van der Waals surface area contributed by atoms with Gasteiger partial charge >= 0.3 is 6.09 Å². The molecule has 0 N–H and O–H groups in total. The number of likely N-dealkylation sites (tertiary alicyclic amines) is 1. The lowest BCUT2D eigenvalue weighted by atomic mass is 9.76. The van der Waals surface area contributed by atoms with Crippen molar-refractivity contribution in [2.45, 2.75) is 39.2 Å². The highest BCUT2D eigenvalue weighted by Crippen LogP contribution is 2.46. The lowest BCUT2D eigenvalue weighted by molar-refractivity contribution is -0.128. The number of Topliss-reactive ketones (excluding diaryl/α,β-unsaturated/α-hetero) is 1. The van der Waals surface area contributed by atoms with Crippen molar-refractivity contribution in [3.05, 3.63) is 35.9 Å². The van der Waals surface area contributed by atoms with E-state index in [9.17, 15) is 9.59 Å². The van der Waals surface area contributed by atoms with Gasteiger partial charge in [-0.15, -0.1) is 0 Å². The zero-order valence-electron chi connectivity index (χ0n) is 13.1. The van der Waals surface area contributed by atoms with E-state index in [1.165, 1.54) is 0 Å². The Hall–Kier alpha value is -1.84. The maximum atomic E-state index is 12.2. The molecule has 1 spiro atoms. The molecule has 4 heteroatoms. The highest BCUT2D eigenvalue weighted by Gasteiger charge is 2.47. The average molecular weight is 301 g/mol. The summed E-state index contributed by atoms with van der Waals surface area (Å²) in [6.45, 7) is 3.71. The molecule has 0 aromatic heterocycles. The van der Waals surface area contributed by atoms with E-state index in [4.69, 9.17) is 4.74 Å². The normalized spacial score (nSPS) is 23.8. The van der Waals surface area contributed by atoms with Gasteiger partial charge in [0.1, 0.15) is 12.4 Å². The topological polar surface area (TPSA) is 46.6 Å². The Labute approximate surface area is 131 Å². The second-order valence-electron chi connectivity index (χ2n) is 6.74. The molecule has 1 aromatic carbocycles. The summed E-state index contributed by atoms with van der Waals surface area (Å²) in [7, 11) is 0. The van der Waals surface area contributed by atoms with E-state index in [1.54, 1.807) is 4.90 Å². The number of ketones is 1. The fourth-order valence-electron chi connectivity index (χ4n) is 3.80. The number of carbonyl (C=O) groups is 2. The maximum absolute atomic E-state index is 12.2. The second-order valence-corrected chi connectivity index (χ2v) is 6.74. The molecular weight excluding hydrogens is 278 g/mol. The monoisotopic (exact) mass is 301 g/mol. The molecule has 1 saturated heterocycles. The number of ether oxygens (including phenoxy) is 1. The van der Waals surface area contributed by atoms with Crippen molar-refractivity contribution in [1.29, 1.82) is 0 Å². The lowest BCUT2D eigenvalue weighted by Gasteiger charge is -2.37. The van der Waals surface area contributed by atoms with E-state index in [1.807, 2.05) is 30.3 Å². The van der Waals surface area contributed by atoms with Crippen LogP contribution in [0.25, 0.3) is 0 Å². The molecule has 0 bridgehead atoms. The molecule has 1 aliphatic carbocycles. The number of amides is 1. The van der Waals surface area contributed by atoms with E-state index in [2.05, 4.69) is 6.92 Å². The molecule has 0 unspecified atom stereocenters. The van der Waals surface area contributed by atoms with Crippen molar-refractivity contribution in [2.75, 3.05) is 13.1 Å². The van der Waals surface area contributed by atoms with Gasteiger partial charge in [0.15, 0.2) is 0 Å². The molecule has 2 fully saturated rings. The summed E-state index contributed by atoms with van der Waals surface area (Å²) in [6.07, 6.45) is 3.00. The van der Waals surface area contributed by atoms with Crippen molar-refractivity contribution in [1.82, 2.24) is 4.90 Å². The van der Waals surface area contributed by atoms with Crippen molar-refractivity contribution < 1.29 is 14.3 Å². The fourth-order valence-corrected chi connectivity index (χ4v) is 3.80. The highest BCUT2D eigenvalue weighted by molar-refractivity contribution is 5.87. The summed E-state index contributed by atoms with van der Waals surface area (Å²) in [5.74, 6) is 0.890. The van der Waals surface area contributed by atoms with Crippen LogP contribution in [-0.4, -0.2) is 29.9 Å². The third-order valence-electron chi connectivity index (χ3n) is 5.05. The maximum Gasteiger partial charge on any atom is 0.410 e. The summed E-state index contributed by atoms with van der Waals surface area (Å²) in [6, 6.07) is 9.69. The standard InChI is InChI=1S/C18H23NO3/c1-14-11-16(20)18(12-14)7-9-19(10-8-18)17(21)22-13-15-5-3-2-4-6-15/h2-6,14H,7-13H2,1H3/t14-/m1/s1. The first kappa shape index (κ1) is 15.1. The van der Waals surface area contributed by atoms with E-state index in [0.717, 1.165) is 24.8 Å². The summed E-state index contributed by atoms with van der Waals surface area (Å²) < 4.78 is 5.37. The minimum atomic E-state index is -0.266. The summed E-state index contributed by atoms with van der Waals surface area (Å²) >= 11 is 0. The molecule has 1 atom stereocenters. The van der Waals surface area contributed by atoms with Crippen LogP contribution in [0.1, 0.15) is 38.2 Å². The predicted octanol–water partition coefficient (Wildman–Crippen LogP) is 3.40. The Morgan fingerprint density at radius 3 is 2.55 bits per heavy atom. The molecule has 4 nitrogen and oxygen atoms in total. The van der Waals surface area contributed by atoms with Gasteiger partial charge in [0.05, 0.1) is 0 Å². The number of nitrogens with zero attached hydrogens (tertiary/aromatic N) is 1. The minimum absolute atomic E-state index is 0.157. The smallest absolute Gasteiger partial charge is 0.410 e. The fraction of sp³-hybridized carbons (Fsp3) is 0.556. The first-order valence-corrected chi connectivity index (χ1v) is 8.08. The molecule has 1 saturated carbocycles. The van der Waals surface area contributed by atoms with Gasteiger partial charge in [0.25, 0.3) is 0 Å². The Morgan fingerprint density at radius 1 is 1.27 bits per heavy atom. The minimum Gasteiger partial charge on any atom is -0.445 e. The molecule has 1 aromatic rings. The molecule has 1 amide bonds. The van der Waals surface area contributed by atoms with Crippen LogP contribution in [0.5, 0.6) is 0 Å². The third-order valence-corrected chi connectivity index (χ3v) is 5.05. The average Bonchev–Trinajstić information content (AvgIpc) is 2.80. The summed E-state index contributed by atoms with van der Waals surface area (Å²) in [4.78, 5) is 26.1. The van der Waals surface area contributed by atoms with Gasteiger partial charge < -0.3 is 9.64 Å². The van der Waals surface area contributed by atoms with Crippen LogP contribution in [0.2, 0.25) is 0 Å². The molecule has 0 radical (unpaired) electrons. The van der Waals surface area contributed by atoms with Crippen molar-refractivity contribution >= 4 is 11.9 Å². The Balaban J connectivity index is 1.51. The highest BCUT2D eigenvalue weighted by atomic mass is 16.6. The first-order valence-electron chi connectivity index (χ1n) is 8.08. The van der Waals surface area contributed by atoms with Crippen molar-refractivity contribution in [3.63, 3.8) is 0 Å². The lowest BCUT2D eigenvalue weighted by Crippen LogP contribution is -2.45. The molecule has 118 valence electrons. The van der Waals surface area contributed by atoms with Crippen LogP contribution in [0.4, 0.5) is 4.79 Å². The Kier molecular flexibility index (Phi) is 4.19. The third kappa shape index (κ3) is 3.01. The van der Waals surface area contributed by atoms with Gasteiger partial charge in [-0.3, -0.25) is 4.79 Å². The van der Waals surface area contributed by atoms with E-state index < -0.39 is 0 Å². The molecular formula is C18H23NO3. The van der Waals surface area contributed by atoms with E-state index in [0.29, 0.717) is 37.8 Å². The number of piperidine rings is 1.